The summed E-state index contributed by atoms with van der Waals surface area (Å²) >= 11 is 11.5. The van der Waals surface area contributed by atoms with E-state index in [1.807, 2.05) is 13.8 Å². The molecule has 1 atom stereocenters. The average Bonchev–Trinajstić information content (AvgIpc) is 2.39. The van der Waals surface area contributed by atoms with Gasteiger partial charge in [0, 0.05) is 13.1 Å². The Morgan fingerprint density at radius 1 is 1.55 bits per heavy atom. The van der Waals surface area contributed by atoms with Crippen molar-refractivity contribution in [3.05, 3.63) is 34.6 Å². The van der Waals surface area contributed by atoms with E-state index in [0.717, 1.165) is 0 Å². The van der Waals surface area contributed by atoms with E-state index in [9.17, 15) is 9.18 Å². The van der Waals surface area contributed by atoms with Crippen molar-refractivity contribution in [2.45, 2.75) is 25.6 Å². The zero-order valence-corrected chi connectivity index (χ0v) is 12.8. The molecule has 110 valence electrons. The van der Waals surface area contributed by atoms with Gasteiger partial charge in [-0.2, -0.15) is 0 Å². The highest BCUT2D eigenvalue weighted by molar-refractivity contribution is 6.31. The molecule has 1 aromatic rings. The molecule has 0 radical (unpaired) electrons. The number of morpholine rings is 1. The monoisotopic (exact) mass is 319 g/mol. The number of carbonyl (C=O) groups is 1. The number of alkyl halides is 1. The Morgan fingerprint density at radius 2 is 2.25 bits per heavy atom. The van der Waals surface area contributed by atoms with Gasteiger partial charge in [-0.25, -0.2) is 4.39 Å². The van der Waals surface area contributed by atoms with Crippen LogP contribution in [0.3, 0.4) is 0 Å². The molecule has 2 rings (SSSR count). The summed E-state index contributed by atoms with van der Waals surface area (Å²) in [6.45, 7) is 4.48. The van der Waals surface area contributed by atoms with E-state index in [-0.39, 0.29) is 22.6 Å². The standard InChI is InChI=1S/C14H16Cl2FNO2/c1-14(2)8-18(7-9(6-15)20-14)13(19)10-4-3-5-11(16)12(10)17/h3-5,9H,6-8H2,1-2H3. The number of halogens is 3. The highest BCUT2D eigenvalue weighted by Gasteiger charge is 2.36. The summed E-state index contributed by atoms with van der Waals surface area (Å²) in [7, 11) is 0. The van der Waals surface area contributed by atoms with Crippen LogP contribution in [0.2, 0.25) is 5.02 Å². The lowest BCUT2D eigenvalue weighted by Gasteiger charge is -2.42. The van der Waals surface area contributed by atoms with Crippen molar-refractivity contribution in [1.29, 1.82) is 0 Å². The Bertz CT molecular complexity index is 522. The van der Waals surface area contributed by atoms with Crippen molar-refractivity contribution in [2.75, 3.05) is 19.0 Å². The van der Waals surface area contributed by atoms with Gasteiger partial charge in [-0.15, -0.1) is 11.6 Å². The van der Waals surface area contributed by atoms with Gasteiger partial charge in [0.15, 0.2) is 5.82 Å². The molecule has 20 heavy (non-hydrogen) atoms. The lowest BCUT2D eigenvalue weighted by molar-refractivity contribution is -0.117. The summed E-state index contributed by atoms with van der Waals surface area (Å²) in [6.07, 6.45) is -0.258. The second-order valence-electron chi connectivity index (χ2n) is 5.44. The molecule has 1 saturated heterocycles. The molecule has 6 heteroatoms. The fourth-order valence-electron chi connectivity index (χ4n) is 2.37. The minimum atomic E-state index is -0.689. The van der Waals surface area contributed by atoms with Crippen LogP contribution in [0, 0.1) is 5.82 Å². The molecule has 1 aliphatic rings. The van der Waals surface area contributed by atoms with Crippen LogP contribution in [-0.4, -0.2) is 41.5 Å². The molecule has 1 fully saturated rings. The smallest absolute Gasteiger partial charge is 0.257 e. The maximum absolute atomic E-state index is 13.9. The summed E-state index contributed by atoms with van der Waals surface area (Å²) in [5.74, 6) is -0.798. The highest BCUT2D eigenvalue weighted by atomic mass is 35.5. The van der Waals surface area contributed by atoms with E-state index in [2.05, 4.69) is 0 Å². The van der Waals surface area contributed by atoms with Gasteiger partial charge < -0.3 is 9.64 Å². The molecular formula is C14H16Cl2FNO2. The third kappa shape index (κ3) is 3.25. The van der Waals surface area contributed by atoms with Crippen molar-refractivity contribution in [2.24, 2.45) is 0 Å². The van der Waals surface area contributed by atoms with Crippen LogP contribution in [-0.2, 0) is 4.74 Å². The first-order valence-corrected chi connectivity index (χ1v) is 7.22. The van der Waals surface area contributed by atoms with Gasteiger partial charge in [-0.05, 0) is 26.0 Å². The molecule has 1 heterocycles. The third-order valence-electron chi connectivity index (χ3n) is 3.12. The Labute approximate surface area is 127 Å². The predicted molar refractivity (Wildman–Crippen MR) is 77.0 cm³/mol. The van der Waals surface area contributed by atoms with Crippen LogP contribution < -0.4 is 0 Å². The van der Waals surface area contributed by atoms with E-state index in [1.54, 1.807) is 11.0 Å². The Kier molecular flexibility index (Phi) is 4.57. The number of carbonyl (C=O) groups excluding carboxylic acids is 1. The van der Waals surface area contributed by atoms with Gasteiger partial charge in [0.25, 0.3) is 5.91 Å². The van der Waals surface area contributed by atoms with Crippen molar-refractivity contribution < 1.29 is 13.9 Å². The van der Waals surface area contributed by atoms with E-state index in [0.29, 0.717) is 13.1 Å². The first-order chi connectivity index (χ1) is 9.34. The zero-order chi connectivity index (χ0) is 14.9. The Hall–Kier alpha value is -0.840. The van der Waals surface area contributed by atoms with Crippen LogP contribution >= 0.6 is 23.2 Å². The molecule has 1 aliphatic heterocycles. The third-order valence-corrected chi connectivity index (χ3v) is 3.76. The quantitative estimate of drug-likeness (QED) is 0.782. The summed E-state index contributed by atoms with van der Waals surface area (Å²) in [4.78, 5) is 14.0. The van der Waals surface area contributed by atoms with Crippen molar-refractivity contribution >= 4 is 29.1 Å². The zero-order valence-electron chi connectivity index (χ0n) is 11.3. The molecule has 0 spiro atoms. The summed E-state index contributed by atoms with van der Waals surface area (Å²) in [5, 5.41) is -0.0581. The number of hydrogen-bond acceptors (Lipinski definition) is 2. The van der Waals surface area contributed by atoms with Gasteiger partial charge in [-0.1, -0.05) is 17.7 Å². The number of amides is 1. The number of benzene rings is 1. The van der Waals surface area contributed by atoms with Gasteiger partial charge in [0.05, 0.1) is 28.2 Å². The van der Waals surface area contributed by atoms with Gasteiger partial charge in [0.1, 0.15) is 0 Å². The molecule has 0 bridgehead atoms. The highest BCUT2D eigenvalue weighted by Crippen LogP contribution is 2.25. The van der Waals surface area contributed by atoms with E-state index in [4.69, 9.17) is 27.9 Å². The minimum Gasteiger partial charge on any atom is -0.367 e. The van der Waals surface area contributed by atoms with Crippen LogP contribution in [0.25, 0.3) is 0 Å². The van der Waals surface area contributed by atoms with Crippen LogP contribution in [0.1, 0.15) is 24.2 Å². The second kappa shape index (κ2) is 5.88. The molecule has 3 nitrogen and oxygen atoms in total. The molecular weight excluding hydrogens is 304 g/mol. The lowest BCUT2D eigenvalue weighted by atomic mass is 10.0. The van der Waals surface area contributed by atoms with Crippen molar-refractivity contribution in [3.63, 3.8) is 0 Å². The molecule has 1 unspecified atom stereocenters. The summed E-state index contributed by atoms with van der Waals surface area (Å²) < 4.78 is 19.7. The first-order valence-electron chi connectivity index (χ1n) is 6.31. The van der Waals surface area contributed by atoms with Crippen LogP contribution in [0.15, 0.2) is 18.2 Å². The largest absolute Gasteiger partial charge is 0.367 e. The maximum atomic E-state index is 13.9. The normalized spacial score (nSPS) is 21.9. The topological polar surface area (TPSA) is 29.5 Å². The first kappa shape index (κ1) is 15.5. The number of rotatable bonds is 2. The van der Waals surface area contributed by atoms with Gasteiger partial charge >= 0.3 is 0 Å². The van der Waals surface area contributed by atoms with E-state index >= 15 is 0 Å². The fraction of sp³-hybridized carbons (Fsp3) is 0.500. The minimum absolute atomic E-state index is 0.0245. The second-order valence-corrected chi connectivity index (χ2v) is 6.16. The average molecular weight is 320 g/mol. The molecule has 0 saturated carbocycles. The molecule has 0 N–H and O–H groups in total. The molecule has 0 aromatic heterocycles. The maximum Gasteiger partial charge on any atom is 0.257 e. The predicted octanol–water partition coefficient (Wildman–Crippen LogP) is 3.34. The van der Waals surface area contributed by atoms with Gasteiger partial charge in [-0.3, -0.25) is 4.79 Å². The number of nitrogens with zero attached hydrogens (tertiary/aromatic N) is 1. The fourth-order valence-corrected chi connectivity index (χ4v) is 2.71. The van der Waals surface area contributed by atoms with E-state index in [1.165, 1.54) is 12.1 Å². The van der Waals surface area contributed by atoms with Gasteiger partial charge in [0.2, 0.25) is 0 Å². The van der Waals surface area contributed by atoms with Crippen LogP contribution in [0.5, 0.6) is 0 Å². The number of hydrogen-bond donors (Lipinski definition) is 0. The van der Waals surface area contributed by atoms with E-state index < -0.39 is 17.3 Å². The molecule has 0 aliphatic carbocycles. The number of ether oxygens (including phenoxy) is 1. The molecule has 1 aromatic carbocycles. The van der Waals surface area contributed by atoms with Crippen LogP contribution in [0.4, 0.5) is 4.39 Å². The summed E-state index contributed by atoms with van der Waals surface area (Å²) in [6, 6.07) is 4.41. The lowest BCUT2D eigenvalue weighted by Crippen LogP contribution is -2.55. The molecule has 1 amide bonds. The van der Waals surface area contributed by atoms with Crippen molar-refractivity contribution in [1.82, 2.24) is 4.90 Å². The summed E-state index contributed by atoms with van der Waals surface area (Å²) in [5.41, 5.74) is -0.536. The Morgan fingerprint density at radius 3 is 2.90 bits per heavy atom. The van der Waals surface area contributed by atoms with Crippen molar-refractivity contribution in [3.8, 4) is 0 Å². The Balaban J connectivity index is 2.26. The SMILES string of the molecule is CC1(C)CN(C(=O)c2cccc(Cl)c2F)CC(CCl)O1.